The molecule has 1 aliphatic carbocycles. The van der Waals surface area contributed by atoms with E-state index in [-0.39, 0.29) is 5.78 Å². The third kappa shape index (κ3) is 1.15. The van der Waals surface area contributed by atoms with Gasteiger partial charge >= 0.3 is 0 Å². The van der Waals surface area contributed by atoms with Gasteiger partial charge in [-0.25, -0.2) is 0 Å². The summed E-state index contributed by atoms with van der Waals surface area (Å²) >= 11 is 0. The Bertz CT molecular complexity index is 201. The Hall–Kier alpha value is -0.920. The minimum absolute atomic E-state index is 0.133. The van der Waals surface area contributed by atoms with Crippen LogP contribution in [0.3, 0.4) is 0 Å². The van der Waals surface area contributed by atoms with Crippen LogP contribution in [0.25, 0.3) is 0 Å². The third-order valence-corrected chi connectivity index (χ3v) is 1.89. The monoisotopic (exact) mass is 138 g/mol. The van der Waals surface area contributed by atoms with E-state index >= 15 is 0 Å². The molecule has 1 rings (SSSR count). The van der Waals surface area contributed by atoms with Gasteiger partial charge in [-0.1, -0.05) is 0 Å². The van der Waals surface area contributed by atoms with Crippen LogP contribution in [0.2, 0.25) is 0 Å². The number of hydrogen-bond acceptors (Lipinski definition) is 2. The largest absolute Gasteiger partial charge is 0.298 e. The summed E-state index contributed by atoms with van der Waals surface area (Å²) in [4.78, 5) is 21.3. The maximum atomic E-state index is 10.9. The molecule has 0 saturated carbocycles. The maximum absolute atomic E-state index is 10.9. The quantitative estimate of drug-likeness (QED) is 0.511. The molecule has 0 aliphatic heterocycles. The molecule has 1 aliphatic rings. The fourth-order valence-corrected chi connectivity index (χ4v) is 1.14. The van der Waals surface area contributed by atoms with Gasteiger partial charge in [0.2, 0.25) is 0 Å². The molecule has 0 radical (unpaired) electrons. The summed E-state index contributed by atoms with van der Waals surface area (Å²) in [6.45, 7) is 1.73. The number of allylic oxidation sites excluding steroid dienone is 2. The molecule has 0 aromatic carbocycles. The zero-order valence-corrected chi connectivity index (χ0v) is 6.02. The molecule has 2 heteroatoms. The van der Waals surface area contributed by atoms with Gasteiger partial charge in [0, 0.05) is 6.42 Å². The molecule has 0 fully saturated rings. The zero-order valence-electron chi connectivity index (χ0n) is 6.02. The average molecular weight is 138 g/mol. The highest BCUT2D eigenvalue weighted by Crippen LogP contribution is 2.19. The number of Topliss-reactive ketones (excluding diaryl/α,β-unsaturated/α-hetero) is 1. The molecule has 10 heavy (non-hydrogen) atoms. The van der Waals surface area contributed by atoms with E-state index in [1.807, 2.05) is 0 Å². The standard InChI is InChI=1S/C8H10O2/c1-6-7(5-9)3-2-4-8(6)10/h5H,2-4H2,1H3. The predicted octanol–water partition coefficient (Wildman–Crippen LogP) is 1.25. The number of aldehydes is 1. The molecule has 0 saturated heterocycles. The van der Waals surface area contributed by atoms with Crippen molar-refractivity contribution in [2.24, 2.45) is 0 Å². The number of carbonyl (C=O) groups is 2. The van der Waals surface area contributed by atoms with Crippen LogP contribution in [-0.4, -0.2) is 12.1 Å². The highest BCUT2D eigenvalue weighted by atomic mass is 16.1. The van der Waals surface area contributed by atoms with Crippen LogP contribution in [0.5, 0.6) is 0 Å². The third-order valence-electron chi connectivity index (χ3n) is 1.89. The molecule has 0 amide bonds. The second-order valence-electron chi connectivity index (χ2n) is 2.54. The lowest BCUT2D eigenvalue weighted by Gasteiger charge is -2.10. The Balaban J connectivity index is 2.92. The van der Waals surface area contributed by atoms with E-state index in [1.165, 1.54) is 0 Å². The number of rotatable bonds is 1. The fraction of sp³-hybridized carbons (Fsp3) is 0.500. The van der Waals surface area contributed by atoms with Crippen molar-refractivity contribution in [2.45, 2.75) is 26.2 Å². The lowest BCUT2D eigenvalue weighted by atomic mass is 9.93. The van der Waals surface area contributed by atoms with Gasteiger partial charge < -0.3 is 0 Å². The second kappa shape index (κ2) is 2.78. The minimum Gasteiger partial charge on any atom is -0.298 e. The SMILES string of the molecule is CC1=C(C=O)CCCC1=O. The topological polar surface area (TPSA) is 34.1 Å². The van der Waals surface area contributed by atoms with Gasteiger partial charge in [-0.05, 0) is 30.9 Å². The summed E-state index contributed by atoms with van der Waals surface area (Å²) < 4.78 is 0. The van der Waals surface area contributed by atoms with Crippen molar-refractivity contribution < 1.29 is 9.59 Å². The van der Waals surface area contributed by atoms with Gasteiger partial charge in [-0.15, -0.1) is 0 Å². The molecular weight excluding hydrogens is 128 g/mol. The van der Waals surface area contributed by atoms with Crippen LogP contribution in [0.15, 0.2) is 11.1 Å². The van der Waals surface area contributed by atoms with E-state index in [0.29, 0.717) is 17.6 Å². The molecule has 0 unspecified atom stereocenters. The molecule has 0 heterocycles. The Morgan fingerprint density at radius 2 is 2.10 bits per heavy atom. The lowest BCUT2D eigenvalue weighted by molar-refractivity contribution is -0.116. The second-order valence-corrected chi connectivity index (χ2v) is 2.54. The van der Waals surface area contributed by atoms with Crippen molar-refractivity contribution in [3.05, 3.63) is 11.1 Å². The normalized spacial score (nSPS) is 19.5. The molecule has 0 aromatic rings. The molecular formula is C8H10O2. The first-order chi connectivity index (χ1) is 4.75. The van der Waals surface area contributed by atoms with Crippen LogP contribution >= 0.6 is 0 Å². The van der Waals surface area contributed by atoms with Crippen molar-refractivity contribution in [3.63, 3.8) is 0 Å². The first-order valence-corrected chi connectivity index (χ1v) is 3.44. The van der Waals surface area contributed by atoms with E-state index in [0.717, 1.165) is 19.1 Å². The van der Waals surface area contributed by atoms with Crippen LogP contribution in [0, 0.1) is 0 Å². The van der Waals surface area contributed by atoms with E-state index in [1.54, 1.807) is 6.92 Å². The maximum Gasteiger partial charge on any atom is 0.158 e. The highest BCUT2D eigenvalue weighted by molar-refractivity contribution is 6.00. The molecule has 2 nitrogen and oxygen atoms in total. The fourth-order valence-electron chi connectivity index (χ4n) is 1.14. The van der Waals surface area contributed by atoms with Gasteiger partial charge in [0.05, 0.1) is 0 Å². The number of hydrogen-bond donors (Lipinski definition) is 0. The summed E-state index contributed by atoms with van der Waals surface area (Å²) in [7, 11) is 0. The zero-order chi connectivity index (χ0) is 7.56. The van der Waals surface area contributed by atoms with Crippen molar-refractivity contribution in [3.8, 4) is 0 Å². The first kappa shape index (κ1) is 7.19. The molecule has 54 valence electrons. The van der Waals surface area contributed by atoms with E-state index in [2.05, 4.69) is 0 Å². The summed E-state index contributed by atoms with van der Waals surface area (Å²) in [5, 5.41) is 0. The highest BCUT2D eigenvalue weighted by Gasteiger charge is 2.15. The van der Waals surface area contributed by atoms with E-state index < -0.39 is 0 Å². The lowest BCUT2D eigenvalue weighted by Crippen LogP contribution is -2.09. The minimum atomic E-state index is 0.133. The molecule has 0 aromatic heterocycles. The molecule has 0 atom stereocenters. The summed E-state index contributed by atoms with van der Waals surface area (Å²) in [6, 6.07) is 0. The van der Waals surface area contributed by atoms with Crippen LogP contribution in [0.1, 0.15) is 26.2 Å². The van der Waals surface area contributed by atoms with Crippen molar-refractivity contribution in [1.29, 1.82) is 0 Å². The van der Waals surface area contributed by atoms with E-state index in [9.17, 15) is 9.59 Å². The molecule has 0 bridgehead atoms. The smallest absolute Gasteiger partial charge is 0.158 e. The Kier molecular flexibility index (Phi) is 2.00. The summed E-state index contributed by atoms with van der Waals surface area (Å²) in [5.74, 6) is 0.133. The first-order valence-electron chi connectivity index (χ1n) is 3.44. The van der Waals surface area contributed by atoms with Gasteiger partial charge in [0.15, 0.2) is 5.78 Å². The van der Waals surface area contributed by atoms with Crippen LogP contribution in [-0.2, 0) is 9.59 Å². The number of carbonyl (C=O) groups excluding carboxylic acids is 2. The Morgan fingerprint density at radius 3 is 2.60 bits per heavy atom. The van der Waals surface area contributed by atoms with Crippen molar-refractivity contribution in [1.82, 2.24) is 0 Å². The van der Waals surface area contributed by atoms with E-state index in [4.69, 9.17) is 0 Å². The summed E-state index contributed by atoms with van der Waals surface area (Å²) in [5.41, 5.74) is 1.36. The summed E-state index contributed by atoms with van der Waals surface area (Å²) in [6.07, 6.45) is 3.03. The van der Waals surface area contributed by atoms with Crippen molar-refractivity contribution >= 4 is 12.1 Å². The Morgan fingerprint density at radius 1 is 1.40 bits per heavy atom. The van der Waals surface area contributed by atoms with Crippen LogP contribution < -0.4 is 0 Å². The van der Waals surface area contributed by atoms with Crippen molar-refractivity contribution in [2.75, 3.05) is 0 Å². The molecule has 0 spiro atoms. The van der Waals surface area contributed by atoms with Gasteiger partial charge in [0.25, 0.3) is 0 Å². The Labute approximate surface area is 59.9 Å². The number of ketones is 1. The molecule has 0 N–H and O–H groups in total. The van der Waals surface area contributed by atoms with Gasteiger partial charge in [-0.2, -0.15) is 0 Å². The van der Waals surface area contributed by atoms with Gasteiger partial charge in [-0.3, -0.25) is 9.59 Å². The van der Waals surface area contributed by atoms with Gasteiger partial charge in [0.1, 0.15) is 6.29 Å². The van der Waals surface area contributed by atoms with Crippen LogP contribution in [0.4, 0.5) is 0 Å². The average Bonchev–Trinajstić information content (AvgIpc) is 1.95. The predicted molar refractivity (Wildman–Crippen MR) is 37.6 cm³/mol.